The highest BCUT2D eigenvalue weighted by atomic mass is 32.1. The van der Waals surface area contributed by atoms with Crippen molar-refractivity contribution >= 4 is 29.3 Å². The number of ketones is 1. The smallest absolute Gasteiger partial charge is 0.266 e. The van der Waals surface area contributed by atoms with Crippen LogP contribution in [0.3, 0.4) is 0 Å². The second kappa shape index (κ2) is 8.58. The second-order valence-corrected chi connectivity index (χ2v) is 6.90. The molecule has 144 valence electrons. The third-order valence-corrected chi connectivity index (χ3v) is 4.95. The van der Waals surface area contributed by atoms with E-state index in [0.29, 0.717) is 32.0 Å². The topological polar surface area (TPSA) is 77.6 Å². The molecule has 0 radical (unpaired) electrons. The van der Waals surface area contributed by atoms with Gasteiger partial charge in [-0.05, 0) is 48.0 Å². The van der Waals surface area contributed by atoms with Crippen LogP contribution in [0.5, 0.6) is 17.2 Å². The summed E-state index contributed by atoms with van der Waals surface area (Å²) in [7, 11) is 4.69. The lowest BCUT2D eigenvalue weighted by molar-refractivity contribution is 0.106. The van der Waals surface area contributed by atoms with E-state index in [1.807, 2.05) is 0 Å². The van der Waals surface area contributed by atoms with Gasteiger partial charge in [0.1, 0.15) is 17.2 Å². The number of aromatic nitrogens is 1. The molecule has 0 unspecified atom stereocenters. The fourth-order valence-electron chi connectivity index (χ4n) is 2.55. The summed E-state index contributed by atoms with van der Waals surface area (Å²) in [5.74, 6) is 1.72. The van der Waals surface area contributed by atoms with Crippen molar-refractivity contribution in [3.8, 4) is 17.2 Å². The zero-order chi connectivity index (χ0) is 20.1. The van der Waals surface area contributed by atoms with Crippen LogP contribution in [0.25, 0.3) is 12.2 Å². The summed E-state index contributed by atoms with van der Waals surface area (Å²) in [6, 6.07) is 12.1. The number of Topliss-reactive ketones (excluding diaryl/α,β-unsaturated/α-hetero) is 1. The molecule has 0 aliphatic carbocycles. The van der Waals surface area contributed by atoms with E-state index in [9.17, 15) is 9.59 Å². The van der Waals surface area contributed by atoms with E-state index in [-0.39, 0.29) is 11.3 Å². The zero-order valence-corrected chi connectivity index (χ0v) is 16.5. The molecule has 0 spiro atoms. The molecule has 0 aliphatic rings. The van der Waals surface area contributed by atoms with E-state index in [1.165, 1.54) is 17.4 Å². The van der Waals surface area contributed by atoms with Crippen LogP contribution in [0.1, 0.15) is 15.9 Å². The Morgan fingerprint density at radius 3 is 2.11 bits per heavy atom. The van der Waals surface area contributed by atoms with Crippen LogP contribution in [0.4, 0.5) is 0 Å². The SMILES string of the molecule is COc1ccc(C(=O)/C=c2\[nH]c(=O)/c(=C\c3cc(OC)cc(OC)c3)s2)cc1. The molecule has 3 aromatic rings. The maximum absolute atomic E-state index is 12.4. The number of H-pyrrole nitrogens is 1. The van der Waals surface area contributed by atoms with Crippen LogP contribution in [0.15, 0.2) is 47.3 Å². The Morgan fingerprint density at radius 1 is 0.929 bits per heavy atom. The van der Waals surface area contributed by atoms with Gasteiger partial charge in [-0.3, -0.25) is 9.59 Å². The fraction of sp³-hybridized carbons (Fsp3) is 0.143. The maximum Gasteiger partial charge on any atom is 0.266 e. The van der Waals surface area contributed by atoms with Crippen molar-refractivity contribution in [1.82, 2.24) is 4.98 Å². The van der Waals surface area contributed by atoms with Gasteiger partial charge in [-0.2, -0.15) is 0 Å². The van der Waals surface area contributed by atoms with Gasteiger partial charge < -0.3 is 19.2 Å². The van der Waals surface area contributed by atoms with E-state index in [0.717, 1.165) is 5.56 Å². The molecule has 28 heavy (non-hydrogen) atoms. The lowest BCUT2D eigenvalue weighted by atomic mass is 10.1. The van der Waals surface area contributed by atoms with Gasteiger partial charge in [0.05, 0.1) is 30.5 Å². The molecule has 7 heteroatoms. The van der Waals surface area contributed by atoms with E-state index in [1.54, 1.807) is 69.9 Å². The van der Waals surface area contributed by atoms with Crippen molar-refractivity contribution in [3.05, 3.63) is 73.1 Å². The molecule has 3 rings (SSSR count). The number of hydrogen-bond donors (Lipinski definition) is 1. The number of ether oxygens (including phenoxy) is 3. The molecule has 0 bridgehead atoms. The quantitative estimate of drug-likeness (QED) is 0.644. The second-order valence-electron chi connectivity index (χ2n) is 5.81. The Morgan fingerprint density at radius 2 is 1.54 bits per heavy atom. The van der Waals surface area contributed by atoms with Crippen LogP contribution in [0.2, 0.25) is 0 Å². The van der Waals surface area contributed by atoms with E-state index >= 15 is 0 Å². The number of carbonyl (C=O) groups is 1. The lowest BCUT2D eigenvalue weighted by Crippen LogP contribution is -2.20. The highest BCUT2D eigenvalue weighted by Crippen LogP contribution is 2.22. The summed E-state index contributed by atoms with van der Waals surface area (Å²) in [6.45, 7) is 0. The molecule has 2 aromatic carbocycles. The first-order valence-electron chi connectivity index (χ1n) is 8.36. The van der Waals surface area contributed by atoms with Gasteiger partial charge in [0, 0.05) is 17.7 Å². The van der Waals surface area contributed by atoms with Crippen LogP contribution < -0.4 is 29.0 Å². The van der Waals surface area contributed by atoms with Crippen molar-refractivity contribution in [2.75, 3.05) is 21.3 Å². The number of rotatable bonds is 6. The molecule has 6 nitrogen and oxygen atoms in total. The van der Waals surface area contributed by atoms with Crippen LogP contribution in [0, 0.1) is 0 Å². The van der Waals surface area contributed by atoms with Crippen LogP contribution in [-0.2, 0) is 0 Å². The molecule has 1 N–H and O–H groups in total. The first-order chi connectivity index (χ1) is 13.5. The van der Waals surface area contributed by atoms with Gasteiger partial charge in [0.25, 0.3) is 5.56 Å². The first-order valence-corrected chi connectivity index (χ1v) is 9.18. The predicted octanol–water partition coefficient (Wildman–Crippen LogP) is 1.95. The summed E-state index contributed by atoms with van der Waals surface area (Å²) < 4.78 is 16.5. The van der Waals surface area contributed by atoms with Crippen LogP contribution in [-0.4, -0.2) is 32.1 Å². The number of nitrogens with one attached hydrogen (secondary N) is 1. The van der Waals surface area contributed by atoms with E-state index in [4.69, 9.17) is 14.2 Å². The first kappa shape index (κ1) is 19.4. The van der Waals surface area contributed by atoms with Crippen molar-refractivity contribution in [2.45, 2.75) is 0 Å². The minimum Gasteiger partial charge on any atom is -0.497 e. The minimum atomic E-state index is -0.263. The van der Waals surface area contributed by atoms with E-state index in [2.05, 4.69) is 4.98 Å². The molecule has 0 atom stereocenters. The molecular weight excluding hydrogens is 378 g/mol. The van der Waals surface area contributed by atoms with Crippen molar-refractivity contribution in [1.29, 1.82) is 0 Å². The van der Waals surface area contributed by atoms with Gasteiger partial charge in [-0.25, -0.2) is 0 Å². The highest BCUT2D eigenvalue weighted by Gasteiger charge is 2.05. The summed E-state index contributed by atoms with van der Waals surface area (Å²) in [6.07, 6.45) is 3.14. The molecule has 1 heterocycles. The largest absolute Gasteiger partial charge is 0.497 e. The lowest BCUT2D eigenvalue weighted by Gasteiger charge is -2.05. The average molecular weight is 397 g/mol. The molecule has 0 aliphatic heterocycles. The van der Waals surface area contributed by atoms with Crippen LogP contribution >= 0.6 is 11.3 Å². The number of thiazole rings is 1. The molecule has 0 saturated heterocycles. The monoisotopic (exact) mass is 397 g/mol. The Kier molecular flexibility index (Phi) is 5.96. The van der Waals surface area contributed by atoms with Crippen molar-refractivity contribution < 1.29 is 19.0 Å². The number of aromatic amines is 1. The number of hydrogen-bond acceptors (Lipinski definition) is 6. The summed E-state index contributed by atoms with van der Waals surface area (Å²) in [5.41, 5.74) is 1.01. The van der Waals surface area contributed by atoms with E-state index < -0.39 is 0 Å². The van der Waals surface area contributed by atoms with Crippen molar-refractivity contribution in [3.63, 3.8) is 0 Å². The fourth-order valence-corrected chi connectivity index (χ4v) is 3.43. The molecule has 0 fully saturated rings. The summed E-state index contributed by atoms with van der Waals surface area (Å²) >= 11 is 1.21. The van der Waals surface area contributed by atoms with Gasteiger partial charge in [-0.1, -0.05) is 0 Å². The normalized spacial score (nSPS) is 12.1. The number of benzene rings is 2. The van der Waals surface area contributed by atoms with Gasteiger partial charge in [0.15, 0.2) is 5.78 Å². The summed E-state index contributed by atoms with van der Waals surface area (Å²) in [5, 5.41) is 0. The molecule has 1 aromatic heterocycles. The predicted molar refractivity (Wildman–Crippen MR) is 109 cm³/mol. The number of carbonyl (C=O) groups excluding carboxylic acids is 1. The Hall–Kier alpha value is -3.32. The molecular formula is C21H19NO5S. The Balaban J connectivity index is 1.96. The summed E-state index contributed by atoms with van der Waals surface area (Å²) in [4.78, 5) is 27.4. The zero-order valence-electron chi connectivity index (χ0n) is 15.6. The van der Waals surface area contributed by atoms with Crippen molar-refractivity contribution in [2.24, 2.45) is 0 Å². The van der Waals surface area contributed by atoms with Gasteiger partial charge in [0.2, 0.25) is 0 Å². The standard InChI is InChI=1S/C21H19NO5S/c1-25-15-6-4-14(5-7-15)18(23)12-20-22-21(24)19(28-20)10-13-8-16(26-2)11-17(9-13)27-3/h4-12H,1-3H3,(H,22,24)/b19-10+,20-12+. The molecule has 0 amide bonds. The minimum absolute atomic E-state index is 0.199. The van der Waals surface area contributed by atoms with Gasteiger partial charge >= 0.3 is 0 Å². The highest BCUT2D eigenvalue weighted by molar-refractivity contribution is 7.07. The molecule has 0 saturated carbocycles. The Labute approximate surface area is 165 Å². The number of methoxy groups -OCH3 is 3. The third-order valence-electron chi connectivity index (χ3n) is 3.99. The third kappa shape index (κ3) is 4.50. The maximum atomic E-state index is 12.4. The Bertz CT molecular complexity index is 1140. The van der Waals surface area contributed by atoms with Gasteiger partial charge in [-0.15, -0.1) is 11.3 Å². The average Bonchev–Trinajstić information content (AvgIpc) is 3.06.